The van der Waals surface area contributed by atoms with E-state index in [0.29, 0.717) is 18.1 Å². The molecule has 4 heteroatoms. The first kappa shape index (κ1) is 18.5. The van der Waals surface area contributed by atoms with Crippen molar-refractivity contribution >= 4 is 17.6 Å². The zero-order valence-corrected chi connectivity index (χ0v) is 15.9. The molecular weight excluding hydrogens is 336 g/mol. The average molecular weight is 360 g/mol. The highest BCUT2D eigenvalue weighted by atomic mass is 16.5. The molecule has 0 atom stereocenters. The van der Waals surface area contributed by atoms with Gasteiger partial charge in [-0.15, -0.1) is 0 Å². The molecule has 0 spiro atoms. The molecule has 0 aliphatic rings. The number of anilines is 1. The van der Waals surface area contributed by atoms with Crippen LogP contribution in [-0.4, -0.2) is 27.4 Å². The van der Waals surface area contributed by atoms with E-state index in [-0.39, 0.29) is 0 Å². The van der Waals surface area contributed by atoms with E-state index in [1.54, 1.807) is 7.11 Å². The monoisotopic (exact) mass is 360 g/mol. The van der Waals surface area contributed by atoms with E-state index in [0.717, 1.165) is 22.5 Å². The van der Waals surface area contributed by atoms with Gasteiger partial charge in [-0.3, -0.25) is 4.99 Å². The Kier molecular flexibility index (Phi) is 6.10. The molecule has 0 aromatic heterocycles. The fraction of sp³-hybridized carbons (Fsp3) is 0.174. The maximum atomic E-state index is 6.06. The molecule has 3 aromatic rings. The molecule has 138 valence electrons. The van der Waals surface area contributed by atoms with Crippen molar-refractivity contribution in [3.63, 3.8) is 0 Å². The van der Waals surface area contributed by atoms with Crippen molar-refractivity contribution in [2.75, 3.05) is 26.1 Å². The van der Waals surface area contributed by atoms with Crippen LogP contribution in [0.4, 0.5) is 11.4 Å². The topological polar surface area (TPSA) is 34.1 Å². The van der Waals surface area contributed by atoms with E-state index >= 15 is 0 Å². The Bertz CT molecular complexity index is 888. The molecule has 27 heavy (non-hydrogen) atoms. The minimum Gasteiger partial charge on any atom is -0.493 e. The fourth-order valence-electron chi connectivity index (χ4n) is 2.66. The van der Waals surface area contributed by atoms with Gasteiger partial charge in [0.05, 0.1) is 12.8 Å². The van der Waals surface area contributed by atoms with E-state index in [9.17, 15) is 0 Å². The number of rotatable bonds is 7. The molecule has 0 N–H and O–H groups in total. The lowest BCUT2D eigenvalue weighted by Gasteiger charge is -2.13. The number of hydrogen-bond donors (Lipinski definition) is 0. The molecule has 3 rings (SSSR count). The molecule has 3 aromatic carbocycles. The van der Waals surface area contributed by atoms with Crippen LogP contribution in [0.5, 0.6) is 11.5 Å². The quantitative estimate of drug-likeness (QED) is 0.550. The summed E-state index contributed by atoms with van der Waals surface area (Å²) in [5.74, 6) is 1.38. The van der Waals surface area contributed by atoms with Crippen molar-refractivity contribution in [2.45, 2.75) is 6.61 Å². The third-order valence-electron chi connectivity index (χ3n) is 4.17. The van der Waals surface area contributed by atoms with Gasteiger partial charge in [0.2, 0.25) is 0 Å². The molecule has 0 amide bonds. The van der Waals surface area contributed by atoms with Gasteiger partial charge in [-0.25, -0.2) is 0 Å². The third-order valence-corrected chi connectivity index (χ3v) is 4.17. The molecule has 0 heterocycles. The Morgan fingerprint density at radius 3 is 2.30 bits per heavy atom. The number of ether oxygens (including phenoxy) is 2. The molecular formula is C23H24N2O2. The molecule has 0 aliphatic heterocycles. The summed E-state index contributed by atoms with van der Waals surface area (Å²) < 4.78 is 11.5. The highest BCUT2D eigenvalue weighted by Crippen LogP contribution is 2.31. The van der Waals surface area contributed by atoms with Crippen LogP contribution in [0.3, 0.4) is 0 Å². The Balaban J connectivity index is 1.81. The number of methoxy groups -OCH3 is 1. The van der Waals surface area contributed by atoms with E-state index in [4.69, 9.17) is 9.47 Å². The van der Waals surface area contributed by atoms with Gasteiger partial charge in [-0.05, 0) is 42.0 Å². The normalized spacial score (nSPS) is 10.8. The zero-order valence-electron chi connectivity index (χ0n) is 15.9. The second kappa shape index (κ2) is 8.90. The lowest BCUT2D eigenvalue weighted by atomic mass is 10.2. The summed E-state index contributed by atoms with van der Waals surface area (Å²) in [6, 6.07) is 24.0. The predicted octanol–water partition coefficient (Wildman–Crippen LogP) is 5.09. The number of para-hydroxylation sites is 1. The molecule has 0 aliphatic carbocycles. The second-order valence-electron chi connectivity index (χ2n) is 6.32. The number of nitrogens with zero attached hydrogens (tertiary/aromatic N) is 2. The second-order valence-corrected chi connectivity index (χ2v) is 6.32. The first-order valence-electron chi connectivity index (χ1n) is 8.82. The summed E-state index contributed by atoms with van der Waals surface area (Å²) in [4.78, 5) is 6.65. The highest BCUT2D eigenvalue weighted by molar-refractivity contribution is 5.87. The van der Waals surface area contributed by atoms with Crippen molar-refractivity contribution < 1.29 is 9.47 Å². The molecule has 0 bridgehead atoms. The van der Waals surface area contributed by atoms with Crippen LogP contribution < -0.4 is 14.4 Å². The number of aliphatic imine (C=N–C) groups is 1. The van der Waals surface area contributed by atoms with E-state index in [2.05, 4.69) is 9.89 Å². The van der Waals surface area contributed by atoms with Gasteiger partial charge >= 0.3 is 0 Å². The van der Waals surface area contributed by atoms with Gasteiger partial charge in [-0.1, -0.05) is 36.4 Å². The van der Waals surface area contributed by atoms with Crippen molar-refractivity contribution in [1.82, 2.24) is 0 Å². The van der Waals surface area contributed by atoms with Crippen LogP contribution in [0.15, 0.2) is 77.8 Å². The summed E-state index contributed by atoms with van der Waals surface area (Å²) in [5.41, 5.74) is 4.01. The minimum atomic E-state index is 0.472. The zero-order chi connectivity index (χ0) is 19.1. The Labute approximate surface area is 160 Å². The van der Waals surface area contributed by atoms with Crippen LogP contribution in [0.2, 0.25) is 0 Å². The lowest BCUT2D eigenvalue weighted by molar-refractivity contribution is 0.284. The fourth-order valence-corrected chi connectivity index (χ4v) is 2.66. The smallest absolute Gasteiger partial charge is 0.170 e. The van der Waals surface area contributed by atoms with Crippen molar-refractivity contribution in [3.8, 4) is 11.5 Å². The third kappa shape index (κ3) is 4.88. The van der Waals surface area contributed by atoms with Crippen molar-refractivity contribution in [1.29, 1.82) is 0 Å². The van der Waals surface area contributed by atoms with Gasteiger partial charge in [0, 0.05) is 31.6 Å². The molecule has 4 nitrogen and oxygen atoms in total. The number of hydrogen-bond acceptors (Lipinski definition) is 4. The first-order chi connectivity index (χ1) is 13.2. The maximum absolute atomic E-state index is 6.06. The van der Waals surface area contributed by atoms with Crippen LogP contribution >= 0.6 is 0 Å². The van der Waals surface area contributed by atoms with Crippen LogP contribution in [0, 0.1) is 0 Å². The van der Waals surface area contributed by atoms with Crippen molar-refractivity contribution in [3.05, 3.63) is 83.9 Å². The van der Waals surface area contributed by atoms with Crippen LogP contribution in [-0.2, 0) is 6.61 Å². The number of benzene rings is 3. The minimum absolute atomic E-state index is 0.472. The molecule has 0 saturated heterocycles. The molecule has 0 saturated carbocycles. The van der Waals surface area contributed by atoms with E-state index in [1.807, 2.05) is 93.1 Å². The Morgan fingerprint density at radius 1 is 0.889 bits per heavy atom. The van der Waals surface area contributed by atoms with Crippen LogP contribution in [0.25, 0.3) is 0 Å². The molecule has 0 unspecified atom stereocenters. The van der Waals surface area contributed by atoms with Crippen molar-refractivity contribution in [2.24, 2.45) is 4.99 Å². The summed E-state index contributed by atoms with van der Waals surface area (Å²) in [5, 5.41) is 0. The Morgan fingerprint density at radius 2 is 1.63 bits per heavy atom. The van der Waals surface area contributed by atoms with Gasteiger partial charge in [0.15, 0.2) is 11.5 Å². The summed E-state index contributed by atoms with van der Waals surface area (Å²) in [6.07, 6.45) is 1.81. The summed E-state index contributed by atoms with van der Waals surface area (Å²) >= 11 is 0. The lowest BCUT2D eigenvalue weighted by Crippen LogP contribution is -2.07. The summed E-state index contributed by atoms with van der Waals surface area (Å²) in [6.45, 7) is 0.472. The largest absolute Gasteiger partial charge is 0.493 e. The van der Waals surface area contributed by atoms with E-state index in [1.165, 1.54) is 0 Å². The highest BCUT2D eigenvalue weighted by Gasteiger charge is 2.09. The first-order valence-corrected chi connectivity index (χ1v) is 8.82. The summed E-state index contributed by atoms with van der Waals surface area (Å²) in [7, 11) is 5.68. The van der Waals surface area contributed by atoms with Gasteiger partial charge < -0.3 is 14.4 Å². The SMILES string of the molecule is COc1cccc(C=Nc2ccc(N(C)C)cc2)c1OCc1ccccc1. The van der Waals surface area contributed by atoms with Gasteiger partial charge in [-0.2, -0.15) is 0 Å². The molecule has 0 radical (unpaired) electrons. The predicted molar refractivity (Wildman–Crippen MR) is 112 cm³/mol. The van der Waals surface area contributed by atoms with Crippen LogP contribution in [0.1, 0.15) is 11.1 Å². The van der Waals surface area contributed by atoms with Gasteiger partial charge in [0.1, 0.15) is 6.61 Å². The van der Waals surface area contributed by atoms with Gasteiger partial charge in [0.25, 0.3) is 0 Å². The average Bonchev–Trinajstić information content (AvgIpc) is 2.71. The van der Waals surface area contributed by atoms with E-state index < -0.39 is 0 Å². The maximum Gasteiger partial charge on any atom is 0.170 e. The Hall–Kier alpha value is -3.27. The standard InChI is InChI=1S/C23H24N2O2/c1-25(2)21-14-12-20(13-15-21)24-16-19-10-7-11-22(26-3)23(19)27-17-18-8-5-4-6-9-18/h4-16H,17H2,1-3H3. The molecule has 0 fully saturated rings.